The van der Waals surface area contributed by atoms with Crippen LogP contribution in [0.4, 0.5) is 0 Å². The Kier molecular flexibility index (Phi) is 3.96. The average molecular weight is 313 g/mol. The summed E-state index contributed by atoms with van der Waals surface area (Å²) in [6.07, 6.45) is 4.57. The molecule has 0 spiro atoms. The van der Waals surface area contributed by atoms with Gasteiger partial charge in [-0.15, -0.1) is 0 Å². The minimum atomic E-state index is -0.471. The number of pyridine rings is 1. The van der Waals surface area contributed by atoms with Crippen molar-refractivity contribution in [2.75, 3.05) is 13.7 Å². The number of carbonyl (C=O) groups excluding carboxylic acids is 2. The van der Waals surface area contributed by atoms with Gasteiger partial charge in [0, 0.05) is 23.4 Å². The lowest BCUT2D eigenvalue weighted by atomic mass is 10.2. The fourth-order valence-electron chi connectivity index (χ4n) is 2.09. The van der Waals surface area contributed by atoms with E-state index < -0.39 is 6.04 Å². The zero-order valence-corrected chi connectivity index (χ0v) is 11.5. The van der Waals surface area contributed by atoms with Gasteiger partial charge in [0.1, 0.15) is 6.04 Å². The van der Waals surface area contributed by atoms with Crippen LogP contribution < -0.4 is 0 Å². The first-order valence-corrected chi connectivity index (χ1v) is 6.42. The molecule has 0 aromatic carbocycles. The summed E-state index contributed by atoms with van der Waals surface area (Å²) in [7, 11) is 1.34. The number of hydrogen-bond donors (Lipinski definition) is 0. The van der Waals surface area contributed by atoms with Crippen LogP contribution in [-0.4, -0.2) is 41.5 Å². The fourth-order valence-corrected chi connectivity index (χ4v) is 2.45. The second-order valence-electron chi connectivity index (χ2n) is 4.07. The molecule has 96 valence electrons. The van der Waals surface area contributed by atoms with Gasteiger partial charge in [-0.25, -0.2) is 4.79 Å². The molecule has 1 atom stereocenters. The quantitative estimate of drug-likeness (QED) is 0.779. The summed E-state index contributed by atoms with van der Waals surface area (Å²) in [5.74, 6) is -0.541. The minimum absolute atomic E-state index is 0.184. The van der Waals surface area contributed by atoms with Gasteiger partial charge in [0.2, 0.25) is 0 Å². The van der Waals surface area contributed by atoms with Crippen molar-refractivity contribution in [3.05, 3.63) is 28.5 Å². The number of amides is 1. The Labute approximate surface area is 113 Å². The van der Waals surface area contributed by atoms with E-state index in [1.165, 1.54) is 13.3 Å². The molecule has 1 fully saturated rings. The van der Waals surface area contributed by atoms with E-state index in [-0.39, 0.29) is 11.9 Å². The van der Waals surface area contributed by atoms with E-state index in [1.807, 2.05) is 0 Å². The number of esters is 1. The van der Waals surface area contributed by atoms with Crippen molar-refractivity contribution >= 4 is 27.8 Å². The van der Waals surface area contributed by atoms with Gasteiger partial charge < -0.3 is 9.64 Å². The van der Waals surface area contributed by atoms with Crippen LogP contribution in [-0.2, 0) is 9.53 Å². The summed E-state index contributed by atoms with van der Waals surface area (Å²) >= 11 is 3.27. The molecule has 1 aliphatic rings. The molecule has 1 aromatic rings. The van der Waals surface area contributed by atoms with Crippen LogP contribution in [0.2, 0.25) is 0 Å². The molecule has 0 N–H and O–H groups in total. The maximum Gasteiger partial charge on any atom is 0.328 e. The van der Waals surface area contributed by atoms with Crippen LogP contribution in [0.5, 0.6) is 0 Å². The van der Waals surface area contributed by atoms with E-state index in [2.05, 4.69) is 20.9 Å². The maximum atomic E-state index is 12.3. The van der Waals surface area contributed by atoms with Crippen LogP contribution in [0.15, 0.2) is 22.9 Å². The number of ether oxygens (including phenoxy) is 1. The van der Waals surface area contributed by atoms with Crippen molar-refractivity contribution in [1.82, 2.24) is 9.88 Å². The lowest BCUT2D eigenvalue weighted by Gasteiger charge is -2.22. The second kappa shape index (κ2) is 5.48. The fraction of sp³-hybridized carbons (Fsp3) is 0.417. The molecule has 5 nitrogen and oxygen atoms in total. The molecular formula is C12H13BrN2O3. The van der Waals surface area contributed by atoms with Crippen LogP contribution in [0, 0.1) is 0 Å². The van der Waals surface area contributed by atoms with Crippen molar-refractivity contribution in [3.63, 3.8) is 0 Å². The topological polar surface area (TPSA) is 59.5 Å². The number of carbonyl (C=O) groups is 2. The number of likely N-dealkylation sites (tertiary alicyclic amines) is 1. The van der Waals surface area contributed by atoms with E-state index in [1.54, 1.807) is 17.2 Å². The predicted molar refractivity (Wildman–Crippen MR) is 68.0 cm³/mol. The Balaban J connectivity index is 2.20. The Morgan fingerprint density at radius 2 is 2.28 bits per heavy atom. The first-order valence-electron chi connectivity index (χ1n) is 5.63. The van der Waals surface area contributed by atoms with Gasteiger partial charge in [-0.3, -0.25) is 9.78 Å². The molecule has 0 aliphatic carbocycles. The Morgan fingerprint density at radius 3 is 2.94 bits per heavy atom. The third-order valence-electron chi connectivity index (χ3n) is 2.94. The van der Waals surface area contributed by atoms with Crippen LogP contribution in [0.1, 0.15) is 23.2 Å². The van der Waals surface area contributed by atoms with Gasteiger partial charge in [0.15, 0.2) is 0 Å². The number of methoxy groups -OCH3 is 1. The number of hydrogen-bond acceptors (Lipinski definition) is 4. The first kappa shape index (κ1) is 13.0. The SMILES string of the molecule is COC(=O)C1CCCN1C(=O)c1cncc(Br)c1. The highest BCUT2D eigenvalue weighted by Gasteiger charge is 2.35. The van der Waals surface area contributed by atoms with E-state index in [0.717, 1.165) is 10.9 Å². The zero-order chi connectivity index (χ0) is 13.1. The third-order valence-corrected chi connectivity index (χ3v) is 3.37. The largest absolute Gasteiger partial charge is 0.467 e. The number of aromatic nitrogens is 1. The summed E-state index contributed by atoms with van der Waals surface area (Å²) in [4.78, 5) is 29.4. The standard InChI is InChI=1S/C12H13BrN2O3/c1-18-12(17)10-3-2-4-15(10)11(16)8-5-9(13)7-14-6-8/h5-7,10H,2-4H2,1H3. The van der Waals surface area contributed by atoms with Crippen LogP contribution in [0.3, 0.4) is 0 Å². The van der Waals surface area contributed by atoms with E-state index in [4.69, 9.17) is 4.74 Å². The smallest absolute Gasteiger partial charge is 0.328 e. The van der Waals surface area contributed by atoms with E-state index in [0.29, 0.717) is 18.5 Å². The third kappa shape index (κ3) is 2.53. The van der Waals surface area contributed by atoms with E-state index >= 15 is 0 Å². The molecule has 1 aliphatic heterocycles. The Bertz CT molecular complexity index is 478. The lowest BCUT2D eigenvalue weighted by molar-refractivity contribution is -0.145. The predicted octanol–water partition coefficient (Wildman–Crippen LogP) is 1.62. The molecule has 0 bridgehead atoms. The molecule has 1 unspecified atom stereocenters. The zero-order valence-electron chi connectivity index (χ0n) is 9.93. The van der Waals surface area contributed by atoms with Crippen molar-refractivity contribution in [3.8, 4) is 0 Å². The molecule has 0 radical (unpaired) electrons. The van der Waals surface area contributed by atoms with Gasteiger partial charge >= 0.3 is 5.97 Å². The summed E-state index contributed by atoms with van der Waals surface area (Å²) < 4.78 is 5.45. The number of halogens is 1. The van der Waals surface area contributed by atoms with Gasteiger partial charge in [0.05, 0.1) is 12.7 Å². The highest BCUT2D eigenvalue weighted by molar-refractivity contribution is 9.10. The summed E-state index contributed by atoms with van der Waals surface area (Å²) in [5.41, 5.74) is 0.472. The molecule has 1 aromatic heterocycles. The van der Waals surface area contributed by atoms with Crippen molar-refractivity contribution in [1.29, 1.82) is 0 Å². The minimum Gasteiger partial charge on any atom is -0.467 e. The summed E-state index contributed by atoms with van der Waals surface area (Å²) in [6.45, 7) is 0.575. The molecule has 2 heterocycles. The average Bonchev–Trinajstić information content (AvgIpc) is 2.86. The highest BCUT2D eigenvalue weighted by atomic mass is 79.9. The van der Waals surface area contributed by atoms with Gasteiger partial charge in [-0.1, -0.05) is 0 Å². The Hall–Kier alpha value is -1.43. The monoisotopic (exact) mass is 312 g/mol. The first-order chi connectivity index (χ1) is 8.63. The van der Waals surface area contributed by atoms with Gasteiger partial charge in [-0.05, 0) is 34.8 Å². The molecule has 18 heavy (non-hydrogen) atoms. The maximum absolute atomic E-state index is 12.3. The van der Waals surface area contributed by atoms with Crippen LogP contribution >= 0.6 is 15.9 Å². The van der Waals surface area contributed by atoms with Crippen molar-refractivity contribution in [2.24, 2.45) is 0 Å². The second-order valence-corrected chi connectivity index (χ2v) is 4.99. The van der Waals surface area contributed by atoms with Gasteiger partial charge in [0.25, 0.3) is 5.91 Å². The Morgan fingerprint density at radius 1 is 1.50 bits per heavy atom. The molecule has 0 saturated carbocycles. The van der Waals surface area contributed by atoms with Crippen molar-refractivity contribution in [2.45, 2.75) is 18.9 Å². The normalized spacial score (nSPS) is 18.8. The highest BCUT2D eigenvalue weighted by Crippen LogP contribution is 2.21. The van der Waals surface area contributed by atoms with E-state index in [9.17, 15) is 9.59 Å². The summed E-state index contributed by atoms with van der Waals surface area (Å²) in [6, 6.07) is 1.23. The molecule has 1 saturated heterocycles. The molecule has 1 amide bonds. The molecular weight excluding hydrogens is 300 g/mol. The number of nitrogens with zero attached hydrogens (tertiary/aromatic N) is 2. The summed E-state index contributed by atoms with van der Waals surface area (Å²) in [5, 5.41) is 0. The van der Waals surface area contributed by atoms with Crippen molar-refractivity contribution < 1.29 is 14.3 Å². The molecule has 6 heteroatoms. The number of rotatable bonds is 2. The van der Waals surface area contributed by atoms with Gasteiger partial charge in [-0.2, -0.15) is 0 Å². The van der Waals surface area contributed by atoms with Crippen LogP contribution in [0.25, 0.3) is 0 Å². The lowest BCUT2D eigenvalue weighted by Crippen LogP contribution is -2.41. The molecule has 2 rings (SSSR count).